The van der Waals surface area contributed by atoms with Crippen molar-refractivity contribution >= 4 is 0 Å². The maximum Gasteiger partial charge on any atom is 0.165 e. The van der Waals surface area contributed by atoms with Crippen LogP contribution in [0.25, 0.3) is 11.4 Å². The fraction of sp³-hybridized carbons (Fsp3) is 0.364. The van der Waals surface area contributed by atoms with Crippen molar-refractivity contribution in [1.82, 2.24) is 19.7 Å². The molecule has 2 N–H and O–H groups in total. The first-order valence-electron chi connectivity index (χ1n) is 5.46. The number of aryl methyl sites for hydroxylation is 1. The fourth-order valence-corrected chi connectivity index (χ4v) is 2.14. The third-order valence-electron chi connectivity index (χ3n) is 2.94. The van der Waals surface area contributed by atoms with Crippen LogP contribution >= 0.6 is 0 Å². The van der Waals surface area contributed by atoms with Crippen LogP contribution < -0.4 is 5.73 Å². The van der Waals surface area contributed by atoms with Gasteiger partial charge in [-0.25, -0.2) is 0 Å². The van der Waals surface area contributed by atoms with Crippen molar-refractivity contribution < 1.29 is 0 Å². The Morgan fingerprint density at radius 3 is 2.88 bits per heavy atom. The molecule has 0 bridgehead atoms. The maximum atomic E-state index is 6.10. The molecular weight excluding hydrogens is 202 g/mol. The number of hydrogen-bond donors (Lipinski definition) is 1. The van der Waals surface area contributed by atoms with Crippen LogP contribution in [0.3, 0.4) is 0 Å². The summed E-state index contributed by atoms with van der Waals surface area (Å²) in [5.74, 6) is 1.84. The highest BCUT2D eigenvalue weighted by atomic mass is 15.3. The van der Waals surface area contributed by atoms with Gasteiger partial charge >= 0.3 is 0 Å². The Morgan fingerprint density at radius 1 is 1.25 bits per heavy atom. The zero-order valence-corrected chi connectivity index (χ0v) is 8.87. The second-order valence-electron chi connectivity index (χ2n) is 4.01. The van der Waals surface area contributed by atoms with Gasteiger partial charge in [0.2, 0.25) is 0 Å². The standard InChI is InChI=1S/C11H13N5/c12-9-2-1-3-10-14-15-11(16(9)10)8-4-6-13-7-5-8/h4-7,9H,1-3,12H2. The molecular formula is C11H13N5. The van der Waals surface area contributed by atoms with Gasteiger partial charge < -0.3 is 5.73 Å². The lowest BCUT2D eigenvalue weighted by molar-refractivity contribution is 0.412. The molecule has 2 aromatic heterocycles. The van der Waals surface area contributed by atoms with Gasteiger partial charge in [0.25, 0.3) is 0 Å². The van der Waals surface area contributed by atoms with Gasteiger partial charge in [0.05, 0.1) is 6.17 Å². The topological polar surface area (TPSA) is 69.6 Å². The lowest BCUT2D eigenvalue weighted by Crippen LogP contribution is -2.25. The summed E-state index contributed by atoms with van der Waals surface area (Å²) in [6, 6.07) is 3.86. The molecule has 2 aromatic rings. The van der Waals surface area contributed by atoms with Crippen LogP contribution in [0.1, 0.15) is 24.8 Å². The quantitative estimate of drug-likeness (QED) is 0.774. The number of nitrogens with two attached hydrogens (primary N) is 1. The SMILES string of the molecule is NC1CCCc2nnc(-c3ccncc3)n21. The van der Waals surface area contributed by atoms with Gasteiger partial charge in [-0.2, -0.15) is 0 Å². The predicted molar refractivity (Wildman–Crippen MR) is 59.4 cm³/mol. The Hall–Kier alpha value is -1.75. The molecule has 16 heavy (non-hydrogen) atoms. The highest BCUT2D eigenvalue weighted by Gasteiger charge is 2.22. The lowest BCUT2D eigenvalue weighted by Gasteiger charge is -2.22. The van der Waals surface area contributed by atoms with E-state index in [1.807, 2.05) is 16.7 Å². The zero-order valence-electron chi connectivity index (χ0n) is 8.87. The van der Waals surface area contributed by atoms with E-state index in [-0.39, 0.29) is 6.17 Å². The smallest absolute Gasteiger partial charge is 0.165 e. The summed E-state index contributed by atoms with van der Waals surface area (Å²) in [5.41, 5.74) is 7.12. The van der Waals surface area contributed by atoms with E-state index in [1.165, 1.54) is 0 Å². The summed E-state index contributed by atoms with van der Waals surface area (Å²) in [5, 5.41) is 8.42. The van der Waals surface area contributed by atoms with Gasteiger partial charge in [-0.05, 0) is 25.0 Å². The summed E-state index contributed by atoms with van der Waals surface area (Å²) in [4.78, 5) is 4.00. The second kappa shape index (κ2) is 3.68. The van der Waals surface area contributed by atoms with E-state index < -0.39 is 0 Å². The molecule has 1 atom stereocenters. The Kier molecular flexibility index (Phi) is 2.18. The van der Waals surface area contributed by atoms with Crippen LogP contribution in [0.2, 0.25) is 0 Å². The van der Waals surface area contributed by atoms with Crippen molar-refractivity contribution in [3.63, 3.8) is 0 Å². The molecule has 0 saturated heterocycles. The van der Waals surface area contributed by atoms with E-state index >= 15 is 0 Å². The van der Waals surface area contributed by atoms with E-state index in [9.17, 15) is 0 Å². The molecule has 3 heterocycles. The number of rotatable bonds is 1. The molecule has 0 aromatic carbocycles. The minimum absolute atomic E-state index is 0.00177. The van der Waals surface area contributed by atoms with E-state index in [0.717, 1.165) is 36.5 Å². The Balaban J connectivity index is 2.13. The van der Waals surface area contributed by atoms with Crippen LogP contribution in [0.15, 0.2) is 24.5 Å². The third kappa shape index (κ3) is 1.40. The average Bonchev–Trinajstić information content (AvgIpc) is 2.75. The van der Waals surface area contributed by atoms with Crippen molar-refractivity contribution in [3.8, 4) is 11.4 Å². The molecule has 5 heteroatoms. The van der Waals surface area contributed by atoms with Crippen molar-refractivity contribution in [1.29, 1.82) is 0 Å². The van der Waals surface area contributed by atoms with Crippen LogP contribution in [0.4, 0.5) is 0 Å². The Bertz CT molecular complexity index is 490. The number of fused-ring (bicyclic) bond motifs is 1. The molecule has 0 spiro atoms. The van der Waals surface area contributed by atoms with Crippen LogP contribution in [0, 0.1) is 0 Å². The van der Waals surface area contributed by atoms with Crippen LogP contribution in [-0.4, -0.2) is 19.7 Å². The third-order valence-corrected chi connectivity index (χ3v) is 2.94. The van der Waals surface area contributed by atoms with E-state index in [0.29, 0.717) is 0 Å². The van der Waals surface area contributed by atoms with Gasteiger partial charge in [-0.3, -0.25) is 9.55 Å². The Labute approximate surface area is 93.3 Å². The second-order valence-corrected chi connectivity index (χ2v) is 4.01. The molecule has 1 aliphatic rings. The molecule has 0 aliphatic carbocycles. The Morgan fingerprint density at radius 2 is 2.06 bits per heavy atom. The van der Waals surface area contributed by atoms with Gasteiger partial charge in [0.1, 0.15) is 5.82 Å². The first-order chi connectivity index (χ1) is 7.86. The zero-order chi connectivity index (χ0) is 11.0. The first kappa shape index (κ1) is 9.47. The minimum atomic E-state index is 0.00177. The van der Waals surface area contributed by atoms with Crippen LogP contribution in [0.5, 0.6) is 0 Å². The normalized spacial score (nSPS) is 19.4. The molecule has 0 saturated carbocycles. The van der Waals surface area contributed by atoms with E-state index in [2.05, 4.69) is 15.2 Å². The summed E-state index contributed by atoms with van der Waals surface area (Å²) in [7, 11) is 0. The molecule has 0 amide bonds. The monoisotopic (exact) mass is 215 g/mol. The summed E-state index contributed by atoms with van der Waals surface area (Å²) in [6.45, 7) is 0. The van der Waals surface area contributed by atoms with Crippen LogP contribution in [-0.2, 0) is 6.42 Å². The number of pyridine rings is 1. The molecule has 5 nitrogen and oxygen atoms in total. The number of aromatic nitrogens is 4. The molecule has 0 fully saturated rings. The largest absolute Gasteiger partial charge is 0.311 e. The maximum absolute atomic E-state index is 6.10. The molecule has 1 unspecified atom stereocenters. The highest BCUT2D eigenvalue weighted by molar-refractivity contribution is 5.54. The average molecular weight is 215 g/mol. The molecule has 82 valence electrons. The fourth-order valence-electron chi connectivity index (χ4n) is 2.14. The van der Waals surface area contributed by atoms with Gasteiger partial charge in [0, 0.05) is 24.4 Å². The van der Waals surface area contributed by atoms with E-state index in [4.69, 9.17) is 5.73 Å². The first-order valence-corrected chi connectivity index (χ1v) is 5.46. The molecule has 3 rings (SSSR count). The van der Waals surface area contributed by atoms with Crippen molar-refractivity contribution in [2.45, 2.75) is 25.4 Å². The molecule has 1 aliphatic heterocycles. The number of nitrogens with zero attached hydrogens (tertiary/aromatic N) is 4. The summed E-state index contributed by atoms with van der Waals surface area (Å²) in [6.07, 6.45) is 6.56. The summed E-state index contributed by atoms with van der Waals surface area (Å²) < 4.78 is 2.04. The summed E-state index contributed by atoms with van der Waals surface area (Å²) >= 11 is 0. The number of hydrogen-bond acceptors (Lipinski definition) is 4. The van der Waals surface area contributed by atoms with Gasteiger partial charge in [-0.15, -0.1) is 10.2 Å². The predicted octanol–water partition coefficient (Wildman–Crippen LogP) is 1.13. The van der Waals surface area contributed by atoms with Crippen molar-refractivity contribution in [3.05, 3.63) is 30.4 Å². The van der Waals surface area contributed by atoms with Crippen molar-refractivity contribution in [2.24, 2.45) is 5.73 Å². The van der Waals surface area contributed by atoms with Gasteiger partial charge in [0.15, 0.2) is 5.82 Å². The molecule has 0 radical (unpaired) electrons. The lowest BCUT2D eigenvalue weighted by atomic mass is 10.1. The minimum Gasteiger partial charge on any atom is -0.311 e. The van der Waals surface area contributed by atoms with Gasteiger partial charge in [-0.1, -0.05) is 0 Å². The van der Waals surface area contributed by atoms with Crippen molar-refractivity contribution in [2.75, 3.05) is 0 Å². The van der Waals surface area contributed by atoms with E-state index in [1.54, 1.807) is 12.4 Å². The highest BCUT2D eigenvalue weighted by Crippen LogP contribution is 2.26.